The Hall–Kier alpha value is -0.160. The van der Waals surface area contributed by atoms with Crippen LogP contribution < -0.4 is 5.73 Å². The van der Waals surface area contributed by atoms with Gasteiger partial charge in [0.1, 0.15) is 0 Å². The maximum atomic E-state index is 9.51. The zero-order chi connectivity index (χ0) is 13.1. The van der Waals surface area contributed by atoms with Gasteiger partial charge in [-0.15, -0.1) is 0 Å². The molecule has 0 heterocycles. The molecule has 0 amide bonds. The van der Waals surface area contributed by atoms with Crippen LogP contribution in [0.25, 0.3) is 0 Å². The number of nitrogens with two attached hydrogens (primary N) is 1. The molecule has 0 aliphatic rings. The lowest BCUT2D eigenvalue weighted by Gasteiger charge is -2.32. The molecule has 0 radical (unpaired) electrons. The summed E-state index contributed by atoms with van der Waals surface area (Å²) in [4.78, 5) is 0. The number of aliphatic hydroxyl groups excluding tert-OH is 1. The average Bonchev–Trinajstić information content (AvgIpc) is 2.31. The molecule has 4 heteroatoms. The highest BCUT2D eigenvalue weighted by molar-refractivity contribution is 4.80. The Bertz CT molecular complexity index is 170. The lowest BCUT2D eigenvalue weighted by Crippen LogP contribution is -2.37. The summed E-state index contributed by atoms with van der Waals surface area (Å²) in [6, 6.07) is 0. The van der Waals surface area contributed by atoms with Gasteiger partial charge in [-0.2, -0.15) is 0 Å². The molecule has 104 valence electrons. The van der Waals surface area contributed by atoms with Gasteiger partial charge in [-0.05, 0) is 25.2 Å². The lowest BCUT2D eigenvalue weighted by molar-refractivity contribution is 0.0418. The summed E-state index contributed by atoms with van der Waals surface area (Å²) in [6.45, 7) is 7.06. The molecule has 1 atom stereocenters. The molecule has 0 spiro atoms. The summed E-state index contributed by atoms with van der Waals surface area (Å²) in [5.74, 6) is 0.541. The van der Waals surface area contributed by atoms with E-state index < -0.39 is 0 Å². The number of hydrogen-bond acceptors (Lipinski definition) is 4. The van der Waals surface area contributed by atoms with E-state index in [2.05, 4.69) is 13.8 Å². The van der Waals surface area contributed by atoms with Gasteiger partial charge in [0.15, 0.2) is 0 Å². The van der Waals surface area contributed by atoms with Crippen LogP contribution in [0.2, 0.25) is 0 Å². The summed E-state index contributed by atoms with van der Waals surface area (Å²) in [5, 5.41) is 9.51. The third-order valence-corrected chi connectivity index (χ3v) is 3.02. The van der Waals surface area contributed by atoms with E-state index in [1.807, 2.05) is 0 Å². The normalized spacial score (nSPS) is 15.2. The molecule has 3 N–H and O–H groups in total. The zero-order valence-corrected chi connectivity index (χ0v) is 11.6. The van der Waals surface area contributed by atoms with Crippen LogP contribution in [-0.2, 0) is 9.47 Å². The van der Waals surface area contributed by atoms with Crippen molar-refractivity contribution >= 4 is 0 Å². The van der Waals surface area contributed by atoms with Gasteiger partial charge < -0.3 is 20.3 Å². The number of aliphatic hydroxyl groups is 1. The van der Waals surface area contributed by atoms with Crippen LogP contribution in [0.5, 0.6) is 0 Å². The smallest absolute Gasteiger partial charge is 0.0500 e. The monoisotopic (exact) mass is 247 g/mol. The van der Waals surface area contributed by atoms with E-state index in [0.717, 1.165) is 25.9 Å². The highest BCUT2D eigenvalue weighted by Crippen LogP contribution is 2.28. The molecule has 0 aromatic heterocycles. The van der Waals surface area contributed by atoms with Crippen molar-refractivity contribution in [2.75, 3.05) is 40.1 Å². The minimum atomic E-state index is -0.171. The molecule has 0 saturated carbocycles. The van der Waals surface area contributed by atoms with Crippen LogP contribution in [0.3, 0.4) is 0 Å². The Morgan fingerprint density at radius 2 is 1.94 bits per heavy atom. The predicted octanol–water partition coefficient (Wildman–Crippen LogP) is 1.41. The van der Waals surface area contributed by atoms with E-state index >= 15 is 0 Å². The molecule has 0 bridgehead atoms. The largest absolute Gasteiger partial charge is 0.396 e. The molecular weight excluding hydrogens is 218 g/mol. The maximum absolute atomic E-state index is 9.51. The fourth-order valence-electron chi connectivity index (χ4n) is 2.06. The summed E-state index contributed by atoms with van der Waals surface area (Å²) in [5.41, 5.74) is 5.62. The summed E-state index contributed by atoms with van der Waals surface area (Å²) >= 11 is 0. The van der Waals surface area contributed by atoms with Crippen molar-refractivity contribution < 1.29 is 14.6 Å². The van der Waals surface area contributed by atoms with Gasteiger partial charge in [0.05, 0.1) is 0 Å². The van der Waals surface area contributed by atoms with Crippen LogP contribution in [0.15, 0.2) is 0 Å². The Kier molecular flexibility index (Phi) is 9.74. The van der Waals surface area contributed by atoms with E-state index in [1.165, 1.54) is 0 Å². The first-order valence-corrected chi connectivity index (χ1v) is 6.48. The van der Waals surface area contributed by atoms with Gasteiger partial charge in [0.2, 0.25) is 0 Å². The molecule has 0 saturated heterocycles. The van der Waals surface area contributed by atoms with Crippen molar-refractivity contribution in [3.63, 3.8) is 0 Å². The minimum absolute atomic E-state index is 0.142. The van der Waals surface area contributed by atoms with E-state index in [0.29, 0.717) is 25.7 Å². The molecule has 0 aliphatic heterocycles. The minimum Gasteiger partial charge on any atom is -0.396 e. The van der Waals surface area contributed by atoms with Gasteiger partial charge in [-0.25, -0.2) is 0 Å². The van der Waals surface area contributed by atoms with E-state index in [-0.39, 0.29) is 12.0 Å². The van der Waals surface area contributed by atoms with Crippen molar-refractivity contribution in [2.24, 2.45) is 17.1 Å². The molecule has 4 nitrogen and oxygen atoms in total. The summed E-state index contributed by atoms with van der Waals surface area (Å²) in [7, 11) is 1.69. The van der Waals surface area contributed by atoms with Gasteiger partial charge in [-0.1, -0.05) is 13.8 Å². The molecule has 0 aliphatic carbocycles. The van der Waals surface area contributed by atoms with Crippen LogP contribution >= 0.6 is 0 Å². The van der Waals surface area contributed by atoms with Crippen molar-refractivity contribution in [3.05, 3.63) is 0 Å². The first kappa shape index (κ1) is 16.8. The maximum Gasteiger partial charge on any atom is 0.0500 e. The summed E-state index contributed by atoms with van der Waals surface area (Å²) in [6.07, 6.45) is 2.68. The number of hydrogen-bond donors (Lipinski definition) is 2. The fraction of sp³-hybridized carbons (Fsp3) is 1.00. The molecule has 0 aromatic carbocycles. The van der Waals surface area contributed by atoms with Gasteiger partial charge in [-0.3, -0.25) is 0 Å². The number of methoxy groups -OCH3 is 1. The van der Waals surface area contributed by atoms with E-state index in [1.54, 1.807) is 7.11 Å². The molecule has 0 aromatic rings. The van der Waals surface area contributed by atoms with E-state index in [4.69, 9.17) is 15.2 Å². The third kappa shape index (κ3) is 7.71. The van der Waals surface area contributed by atoms with Crippen LogP contribution in [0, 0.1) is 11.3 Å². The van der Waals surface area contributed by atoms with Gasteiger partial charge in [0, 0.05) is 45.5 Å². The molecule has 1 unspecified atom stereocenters. The van der Waals surface area contributed by atoms with Gasteiger partial charge >= 0.3 is 0 Å². The predicted molar refractivity (Wildman–Crippen MR) is 70.0 cm³/mol. The molecule has 0 fully saturated rings. The van der Waals surface area contributed by atoms with E-state index in [9.17, 15) is 5.11 Å². The van der Waals surface area contributed by atoms with Crippen molar-refractivity contribution in [1.82, 2.24) is 0 Å². The molecular formula is C13H29NO3. The molecule has 0 rings (SSSR count). The SMILES string of the molecule is COCCCOCCC(CN)(CO)CC(C)C. The van der Waals surface area contributed by atoms with Crippen LogP contribution in [-0.4, -0.2) is 45.2 Å². The number of rotatable bonds is 11. The first-order chi connectivity index (χ1) is 8.10. The first-order valence-electron chi connectivity index (χ1n) is 6.48. The highest BCUT2D eigenvalue weighted by atomic mass is 16.5. The van der Waals surface area contributed by atoms with Crippen molar-refractivity contribution in [2.45, 2.75) is 33.1 Å². The standard InChI is InChI=1S/C13H29NO3/c1-12(2)9-13(10-14,11-15)5-8-17-7-4-6-16-3/h12,15H,4-11,14H2,1-3H3. The topological polar surface area (TPSA) is 64.7 Å². The zero-order valence-electron chi connectivity index (χ0n) is 11.6. The molecule has 17 heavy (non-hydrogen) atoms. The number of ether oxygens (including phenoxy) is 2. The fourth-order valence-corrected chi connectivity index (χ4v) is 2.06. The second-order valence-electron chi connectivity index (χ2n) is 5.17. The van der Waals surface area contributed by atoms with Crippen molar-refractivity contribution in [3.8, 4) is 0 Å². The Morgan fingerprint density at radius 1 is 1.24 bits per heavy atom. The Morgan fingerprint density at radius 3 is 2.41 bits per heavy atom. The van der Waals surface area contributed by atoms with Crippen LogP contribution in [0.1, 0.15) is 33.1 Å². The Balaban J connectivity index is 3.84. The highest BCUT2D eigenvalue weighted by Gasteiger charge is 2.28. The van der Waals surface area contributed by atoms with Crippen molar-refractivity contribution in [1.29, 1.82) is 0 Å². The summed E-state index contributed by atoms with van der Waals surface area (Å²) < 4.78 is 10.5. The van der Waals surface area contributed by atoms with Gasteiger partial charge in [0.25, 0.3) is 0 Å². The second-order valence-corrected chi connectivity index (χ2v) is 5.17. The van der Waals surface area contributed by atoms with Crippen LogP contribution in [0.4, 0.5) is 0 Å². The quantitative estimate of drug-likeness (QED) is 0.542. The lowest BCUT2D eigenvalue weighted by atomic mass is 9.78. The Labute approximate surface area is 105 Å². The average molecular weight is 247 g/mol. The second kappa shape index (κ2) is 9.83. The third-order valence-electron chi connectivity index (χ3n) is 3.02.